The van der Waals surface area contributed by atoms with Gasteiger partial charge in [-0.15, -0.1) is 0 Å². The normalized spacial score (nSPS) is 17.3. The first-order chi connectivity index (χ1) is 19.0. The Morgan fingerprint density at radius 1 is 1.00 bits per heavy atom. The topological polar surface area (TPSA) is 91.7 Å². The van der Waals surface area contributed by atoms with E-state index in [9.17, 15) is 14.7 Å². The Hall–Kier alpha value is -4.24. The van der Waals surface area contributed by atoms with Crippen molar-refractivity contribution in [2.24, 2.45) is 4.99 Å². The highest BCUT2D eigenvalue weighted by molar-refractivity contribution is 8.18. The van der Waals surface area contributed by atoms with E-state index in [0.29, 0.717) is 15.8 Å². The third-order valence-corrected chi connectivity index (χ3v) is 7.68. The number of ether oxygens (including phenoxy) is 2. The van der Waals surface area contributed by atoms with Crippen LogP contribution in [0.25, 0.3) is 6.08 Å². The van der Waals surface area contributed by atoms with Gasteiger partial charge in [0.05, 0.1) is 42.6 Å². The molecule has 0 saturated carbocycles. The lowest BCUT2D eigenvalue weighted by molar-refractivity contribution is -0.122. The van der Waals surface area contributed by atoms with Crippen molar-refractivity contribution in [2.45, 2.75) is 19.4 Å². The van der Waals surface area contributed by atoms with Crippen LogP contribution in [0, 0.1) is 0 Å². The van der Waals surface area contributed by atoms with E-state index in [1.165, 1.54) is 23.9 Å². The molecule has 0 aromatic heterocycles. The van der Waals surface area contributed by atoms with Crippen molar-refractivity contribution >= 4 is 46.3 Å². The van der Waals surface area contributed by atoms with Crippen LogP contribution >= 0.6 is 11.8 Å². The molecular formula is C30H29N3O5S. The van der Waals surface area contributed by atoms with Crippen LogP contribution < -0.4 is 14.4 Å². The number of methoxy groups -OCH3 is 2. The van der Waals surface area contributed by atoms with Crippen LogP contribution in [-0.4, -0.2) is 54.4 Å². The number of aromatic carboxylic acids is 1. The van der Waals surface area contributed by atoms with Gasteiger partial charge in [0.25, 0.3) is 5.91 Å². The third kappa shape index (κ3) is 5.78. The first-order valence-corrected chi connectivity index (χ1v) is 13.5. The van der Waals surface area contributed by atoms with Gasteiger partial charge in [0.15, 0.2) is 5.17 Å². The third-order valence-electron chi connectivity index (χ3n) is 6.68. The molecule has 39 heavy (non-hydrogen) atoms. The van der Waals surface area contributed by atoms with Crippen molar-refractivity contribution in [1.29, 1.82) is 0 Å². The number of benzene rings is 3. The molecule has 1 N–H and O–H groups in total. The summed E-state index contributed by atoms with van der Waals surface area (Å²) in [5, 5.41) is 9.77. The average Bonchev–Trinajstić information content (AvgIpc) is 3.59. The summed E-state index contributed by atoms with van der Waals surface area (Å²) < 4.78 is 11.4. The SMILES string of the molecule is COc1cc(N2CCCC2)c(OC)cc1/C=C1\SC(=Nc2ccccc2)N(Cc2ccc(C(=O)O)cc2)C1=O. The van der Waals surface area contributed by atoms with Gasteiger partial charge >= 0.3 is 5.97 Å². The number of amides is 1. The van der Waals surface area contributed by atoms with Gasteiger partial charge in [0.2, 0.25) is 0 Å². The Kier molecular flexibility index (Phi) is 7.88. The number of carboxylic acid groups (broad SMARTS) is 1. The molecule has 8 nitrogen and oxygen atoms in total. The Bertz CT molecular complexity index is 1430. The summed E-state index contributed by atoms with van der Waals surface area (Å²) >= 11 is 1.29. The van der Waals surface area contributed by atoms with Gasteiger partial charge in [-0.3, -0.25) is 9.69 Å². The fourth-order valence-electron chi connectivity index (χ4n) is 4.64. The van der Waals surface area contributed by atoms with Gasteiger partial charge in [-0.25, -0.2) is 9.79 Å². The lowest BCUT2D eigenvalue weighted by Gasteiger charge is -2.22. The van der Waals surface area contributed by atoms with Gasteiger partial charge in [0, 0.05) is 24.7 Å². The van der Waals surface area contributed by atoms with Crippen LogP contribution in [0.2, 0.25) is 0 Å². The molecule has 0 spiro atoms. The molecule has 2 aliphatic heterocycles. The Labute approximate surface area is 231 Å². The summed E-state index contributed by atoms with van der Waals surface area (Å²) in [6.07, 6.45) is 4.10. The maximum absolute atomic E-state index is 13.7. The molecule has 3 aromatic carbocycles. The van der Waals surface area contributed by atoms with E-state index in [2.05, 4.69) is 4.90 Å². The fraction of sp³-hybridized carbons (Fsp3) is 0.233. The van der Waals surface area contributed by atoms with E-state index in [0.717, 1.165) is 54.2 Å². The zero-order valence-electron chi connectivity index (χ0n) is 21.8. The number of aliphatic imine (C=N–C) groups is 1. The smallest absolute Gasteiger partial charge is 0.335 e. The van der Waals surface area contributed by atoms with Crippen molar-refractivity contribution in [3.8, 4) is 11.5 Å². The van der Waals surface area contributed by atoms with Crippen molar-refractivity contribution in [1.82, 2.24) is 4.90 Å². The number of hydrogen-bond acceptors (Lipinski definition) is 7. The number of anilines is 1. The largest absolute Gasteiger partial charge is 0.496 e. The molecule has 2 saturated heterocycles. The van der Waals surface area contributed by atoms with Crippen molar-refractivity contribution in [2.75, 3.05) is 32.2 Å². The van der Waals surface area contributed by atoms with Gasteiger partial charge in [0.1, 0.15) is 11.5 Å². The molecule has 2 fully saturated rings. The Balaban J connectivity index is 1.51. The van der Waals surface area contributed by atoms with E-state index in [4.69, 9.17) is 14.5 Å². The molecule has 5 rings (SSSR count). The van der Waals surface area contributed by atoms with Crippen LogP contribution in [-0.2, 0) is 11.3 Å². The molecular weight excluding hydrogens is 514 g/mol. The average molecular weight is 544 g/mol. The second-order valence-corrected chi connectivity index (χ2v) is 10.2. The quantitative estimate of drug-likeness (QED) is 0.359. The maximum atomic E-state index is 13.7. The minimum Gasteiger partial charge on any atom is -0.496 e. The van der Waals surface area contributed by atoms with E-state index < -0.39 is 5.97 Å². The summed E-state index contributed by atoms with van der Waals surface area (Å²) in [4.78, 5) is 34.1. The lowest BCUT2D eigenvalue weighted by atomic mass is 10.1. The van der Waals surface area contributed by atoms with Crippen LogP contribution in [0.5, 0.6) is 11.5 Å². The number of para-hydroxylation sites is 1. The van der Waals surface area contributed by atoms with Crippen molar-refractivity contribution in [3.63, 3.8) is 0 Å². The Morgan fingerprint density at radius 2 is 1.69 bits per heavy atom. The van der Waals surface area contributed by atoms with Gasteiger partial charge < -0.3 is 19.5 Å². The van der Waals surface area contributed by atoms with E-state index in [1.54, 1.807) is 31.3 Å². The number of carbonyl (C=O) groups is 2. The van der Waals surface area contributed by atoms with Crippen LogP contribution in [0.15, 0.2) is 76.6 Å². The van der Waals surface area contributed by atoms with E-state index in [1.807, 2.05) is 48.5 Å². The summed E-state index contributed by atoms with van der Waals surface area (Å²) in [6, 6.07) is 19.9. The predicted molar refractivity (Wildman–Crippen MR) is 154 cm³/mol. The number of thioether (sulfide) groups is 1. The van der Waals surface area contributed by atoms with Gasteiger partial charge in [-0.2, -0.15) is 0 Å². The molecule has 0 atom stereocenters. The highest BCUT2D eigenvalue weighted by atomic mass is 32.2. The molecule has 0 radical (unpaired) electrons. The summed E-state index contributed by atoms with van der Waals surface area (Å²) in [6.45, 7) is 2.19. The minimum absolute atomic E-state index is 0.193. The number of carbonyl (C=O) groups excluding carboxylic acids is 1. The number of nitrogens with zero attached hydrogens (tertiary/aromatic N) is 3. The fourth-order valence-corrected chi connectivity index (χ4v) is 5.63. The second kappa shape index (κ2) is 11.7. The van der Waals surface area contributed by atoms with E-state index in [-0.39, 0.29) is 18.0 Å². The zero-order chi connectivity index (χ0) is 27.4. The summed E-state index contributed by atoms with van der Waals surface area (Å²) in [7, 11) is 3.27. The first-order valence-electron chi connectivity index (χ1n) is 12.6. The molecule has 200 valence electrons. The van der Waals surface area contributed by atoms with Crippen LogP contribution in [0.4, 0.5) is 11.4 Å². The highest BCUT2D eigenvalue weighted by Gasteiger charge is 2.34. The minimum atomic E-state index is -0.994. The molecule has 3 aromatic rings. The number of rotatable bonds is 8. The van der Waals surface area contributed by atoms with Crippen molar-refractivity contribution < 1.29 is 24.2 Å². The summed E-state index contributed by atoms with van der Waals surface area (Å²) in [5.74, 6) is 0.198. The molecule has 0 bridgehead atoms. The van der Waals surface area contributed by atoms with E-state index >= 15 is 0 Å². The number of amidine groups is 1. The number of hydrogen-bond donors (Lipinski definition) is 1. The van der Waals surface area contributed by atoms with Crippen molar-refractivity contribution in [3.05, 3.63) is 88.3 Å². The highest BCUT2D eigenvalue weighted by Crippen LogP contribution is 2.41. The standard InChI is InChI=1S/C30H29N3O5S/c1-37-25-18-24(32-14-6-7-15-32)26(38-2)16-22(25)17-27-28(34)33(19-20-10-12-21(13-11-20)29(35)36)30(39-27)31-23-8-4-3-5-9-23/h3-5,8-13,16-18H,6-7,14-15,19H2,1-2H3,(H,35,36)/b27-17-,31-30?. The molecule has 9 heteroatoms. The predicted octanol–water partition coefficient (Wildman–Crippen LogP) is 5.81. The van der Waals surface area contributed by atoms with Gasteiger partial charge in [-0.1, -0.05) is 30.3 Å². The first kappa shape index (κ1) is 26.4. The van der Waals surface area contributed by atoms with Gasteiger partial charge in [-0.05, 0) is 66.6 Å². The molecule has 0 unspecified atom stereocenters. The van der Waals surface area contributed by atoms with Crippen LogP contribution in [0.3, 0.4) is 0 Å². The molecule has 2 heterocycles. The maximum Gasteiger partial charge on any atom is 0.335 e. The second-order valence-electron chi connectivity index (χ2n) is 9.19. The lowest BCUT2D eigenvalue weighted by Crippen LogP contribution is -2.28. The molecule has 0 aliphatic carbocycles. The molecule has 1 amide bonds. The Morgan fingerprint density at radius 3 is 2.33 bits per heavy atom. The molecule has 2 aliphatic rings. The monoisotopic (exact) mass is 543 g/mol. The zero-order valence-corrected chi connectivity index (χ0v) is 22.6. The van der Waals surface area contributed by atoms with Crippen LogP contribution in [0.1, 0.15) is 34.3 Å². The number of carboxylic acids is 1. The summed E-state index contributed by atoms with van der Waals surface area (Å²) in [5.41, 5.74) is 3.44.